The summed E-state index contributed by atoms with van der Waals surface area (Å²) in [7, 11) is 0. The molecule has 4 aromatic rings. The molecule has 1 fully saturated rings. The first kappa shape index (κ1) is 18.6. The SMILES string of the molecule is Cc1nc2cc(=O)[nH]n2c(C)c1CC(=O)Nc1ccc2nc(C3CCCO3)[nH]c2c1. The molecule has 0 bridgehead atoms. The van der Waals surface area contributed by atoms with Crippen LogP contribution in [0.2, 0.25) is 0 Å². The van der Waals surface area contributed by atoms with Gasteiger partial charge in [-0.3, -0.25) is 14.7 Å². The Labute approximate surface area is 171 Å². The van der Waals surface area contributed by atoms with E-state index >= 15 is 0 Å². The van der Waals surface area contributed by atoms with Gasteiger partial charge >= 0.3 is 0 Å². The average Bonchev–Trinajstić information content (AvgIpc) is 3.43. The maximum absolute atomic E-state index is 12.7. The number of aryl methyl sites for hydroxylation is 2. The Hall–Kier alpha value is -3.46. The number of rotatable bonds is 4. The minimum Gasteiger partial charge on any atom is -0.370 e. The van der Waals surface area contributed by atoms with Gasteiger partial charge in [-0.2, -0.15) is 0 Å². The molecule has 1 amide bonds. The number of carbonyl (C=O) groups is 1. The van der Waals surface area contributed by atoms with Gasteiger partial charge in [0, 0.05) is 35.3 Å². The molecule has 0 saturated carbocycles. The van der Waals surface area contributed by atoms with Gasteiger partial charge in [0.1, 0.15) is 11.9 Å². The maximum atomic E-state index is 12.7. The van der Waals surface area contributed by atoms with Gasteiger partial charge in [0.05, 0.1) is 17.5 Å². The molecule has 1 aliphatic heterocycles. The van der Waals surface area contributed by atoms with Crippen LogP contribution in [-0.4, -0.2) is 37.1 Å². The number of ether oxygens (including phenoxy) is 1. The monoisotopic (exact) mass is 406 g/mol. The normalized spacial score (nSPS) is 16.5. The van der Waals surface area contributed by atoms with E-state index in [9.17, 15) is 9.59 Å². The van der Waals surface area contributed by atoms with Crippen molar-refractivity contribution >= 4 is 28.3 Å². The van der Waals surface area contributed by atoms with Crippen molar-refractivity contribution in [2.75, 3.05) is 11.9 Å². The summed E-state index contributed by atoms with van der Waals surface area (Å²) in [4.78, 5) is 36.7. The van der Waals surface area contributed by atoms with Crippen LogP contribution in [0, 0.1) is 13.8 Å². The molecule has 9 heteroatoms. The molecule has 30 heavy (non-hydrogen) atoms. The largest absolute Gasteiger partial charge is 0.370 e. The fourth-order valence-corrected chi connectivity index (χ4v) is 4.03. The highest BCUT2D eigenvalue weighted by Crippen LogP contribution is 2.28. The summed E-state index contributed by atoms with van der Waals surface area (Å²) < 4.78 is 7.30. The highest BCUT2D eigenvalue weighted by molar-refractivity contribution is 5.94. The molecule has 1 aromatic carbocycles. The Balaban J connectivity index is 1.37. The highest BCUT2D eigenvalue weighted by Gasteiger charge is 2.21. The van der Waals surface area contributed by atoms with E-state index in [0.29, 0.717) is 11.3 Å². The molecular weight excluding hydrogens is 384 g/mol. The second-order valence-corrected chi connectivity index (χ2v) is 7.66. The number of carbonyl (C=O) groups excluding carboxylic acids is 1. The Morgan fingerprint density at radius 3 is 2.97 bits per heavy atom. The van der Waals surface area contributed by atoms with E-state index in [1.165, 1.54) is 6.07 Å². The quantitative estimate of drug-likeness (QED) is 0.481. The highest BCUT2D eigenvalue weighted by atomic mass is 16.5. The second-order valence-electron chi connectivity index (χ2n) is 7.66. The molecule has 5 rings (SSSR count). The zero-order valence-electron chi connectivity index (χ0n) is 16.8. The molecule has 1 atom stereocenters. The van der Waals surface area contributed by atoms with Crippen molar-refractivity contribution in [2.45, 2.75) is 39.2 Å². The fourth-order valence-electron chi connectivity index (χ4n) is 4.03. The first-order valence-corrected chi connectivity index (χ1v) is 9.97. The number of anilines is 1. The lowest BCUT2D eigenvalue weighted by molar-refractivity contribution is -0.115. The first-order chi connectivity index (χ1) is 14.5. The van der Waals surface area contributed by atoms with Crippen LogP contribution >= 0.6 is 0 Å². The maximum Gasteiger partial charge on any atom is 0.266 e. The van der Waals surface area contributed by atoms with Crippen molar-refractivity contribution in [1.82, 2.24) is 24.6 Å². The summed E-state index contributed by atoms with van der Waals surface area (Å²) in [5.41, 5.74) is 5.03. The van der Waals surface area contributed by atoms with Crippen LogP contribution in [-0.2, 0) is 16.0 Å². The van der Waals surface area contributed by atoms with Gasteiger partial charge in [-0.05, 0) is 44.9 Å². The van der Waals surface area contributed by atoms with Crippen molar-refractivity contribution < 1.29 is 9.53 Å². The van der Waals surface area contributed by atoms with E-state index < -0.39 is 0 Å². The van der Waals surface area contributed by atoms with Crippen LogP contribution < -0.4 is 10.9 Å². The van der Waals surface area contributed by atoms with Gasteiger partial charge in [0.2, 0.25) is 5.91 Å². The third-order valence-corrected chi connectivity index (χ3v) is 5.56. The van der Waals surface area contributed by atoms with Crippen LogP contribution in [0.15, 0.2) is 29.1 Å². The van der Waals surface area contributed by atoms with E-state index in [-0.39, 0.29) is 24.0 Å². The van der Waals surface area contributed by atoms with E-state index in [4.69, 9.17) is 4.74 Å². The number of aromatic amines is 2. The fraction of sp³-hybridized carbons (Fsp3) is 0.333. The lowest BCUT2D eigenvalue weighted by Crippen LogP contribution is -2.17. The molecule has 1 aliphatic rings. The lowest BCUT2D eigenvalue weighted by Gasteiger charge is -2.11. The summed E-state index contributed by atoms with van der Waals surface area (Å²) in [6, 6.07) is 7.04. The molecule has 1 saturated heterocycles. The number of hydrogen-bond acceptors (Lipinski definition) is 5. The smallest absolute Gasteiger partial charge is 0.266 e. The molecular formula is C21H22N6O3. The lowest BCUT2D eigenvalue weighted by atomic mass is 10.1. The van der Waals surface area contributed by atoms with Gasteiger partial charge in [0.15, 0.2) is 5.65 Å². The molecule has 1 unspecified atom stereocenters. The van der Waals surface area contributed by atoms with Crippen LogP contribution in [0.4, 0.5) is 5.69 Å². The number of aromatic nitrogens is 5. The minimum atomic E-state index is -0.221. The molecule has 9 nitrogen and oxygen atoms in total. The number of H-pyrrole nitrogens is 2. The second kappa shape index (κ2) is 7.10. The minimum absolute atomic E-state index is 0.0175. The zero-order chi connectivity index (χ0) is 20.8. The van der Waals surface area contributed by atoms with Crippen LogP contribution in [0.5, 0.6) is 0 Å². The number of hydrogen-bond donors (Lipinski definition) is 3. The van der Waals surface area contributed by atoms with Gasteiger partial charge in [-0.15, -0.1) is 0 Å². The number of imidazole rings is 1. The van der Waals surface area contributed by atoms with Gasteiger partial charge in [-0.1, -0.05) is 0 Å². The topological polar surface area (TPSA) is 117 Å². The first-order valence-electron chi connectivity index (χ1n) is 9.97. The molecule has 0 spiro atoms. The van der Waals surface area contributed by atoms with Crippen LogP contribution in [0.25, 0.3) is 16.7 Å². The van der Waals surface area contributed by atoms with Gasteiger partial charge < -0.3 is 15.0 Å². The summed E-state index contributed by atoms with van der Waals surface area (Å²) >= 11 is 0. The Kier molecular flexibility index (Phi) is 4.39. The molecule has 4 heterocycles. The Morgan fingerprint density at radius 2 is 2.17 bits per heavy atom. The summed E-state index contributed by atoms with van der Waals surface area (Å²) in [6.45, 7) is 4.47. The molecule has 0 radical (unpaired) electrons. The van der Waals surface area contributed by atoms with Crippen LogP contribution in [0.3, 0.4) is 0 Å². The standard InChI is InChI=1S/C21H22N6O3/c1-11-14(12(2)27-18(22-11)10-20(29)26-27)9-19(28)23-13-5-6-15-16(8-13)25-21(24-15)17-4-3-7-30-17/h5-6,8,10,17H,3-4,7,9H2,1-2H3,(H,23,28)(H,24,25)(H,26,29). The Bertz CT molecular complexity index is 1330. The number of nitrogens with zero attached hydrogens (tertiary/aromatic N) is 3. The van der Waals surface area contributed by atoms with Crippen molar-refractivity contribution in [1.29, 1.82) is 0 Å². The number of nitrogens with one attached hydrogen (secondary N) is 3. The molecule has 154 valence electrons. The van der Waals surface area contributed by atoms with Crippen molar-refractivity contribution in [3.63, 3.8) is 0 Å². The third kappa shape index (κ3) is 3.26. The average molecular weight is 406 g/mol. The van der Waals surface area contributed by atoms with E-state index in [1.54, 1.807) is 4.52 Å². The zero-order valence-corrected chi connectivity index (χ0v) is 16.8. The van der Waals surface area contributed by atoms with Crippen molar-refractivity contribution in [3.8, 4) is 0 Å². The van der Waals surface area contributed by atoms with Gasteiger partial charge in [-0.25, -0.2) is 14.5 Å². The molecule has 3 N–H and O–H groups in total. The number of benzene rings is 1. The summed E-state index contributed by atoms with van der Waals surface area (Å²) in [6.07, 6.45) is 2.18. The van der Waals surface area contributed by atoms with E-state index in [0.717, 1.165) is 53.3 Å². The number of fused-ring (bicyclic) bond motifs is 2. The Morgan fingerprint density at radius 1 is 1.30 bits per heavy atom. The predicted octanol–water partition coefficient (Wildman–Crippen LogP) is 2.55. The third-order valence-electron chi connectivity index (χ3n) is 5.56. The predicted molar refractivity (Wildman–Crippen MR) is 112 cm³/mol. The van der Waals surface area contributed by atoms with Gasteiger partial charge in [0.25, 0.3) is 5.56 Å². The van der Waals surface area contributed by atoms with Crippen molar-refractivity contribution in [2.24, 2.45) is 0 Å². The number of amides is 1. The van der Waals surface area contributed by atoms with E-state index in [2.05, 4.69) is 25.4 Å². The molecule has 0 aliphatic carbocycles. The molecule has 3 aromatic heterocycles. The van der Waals surface area contributed by atoms with E-state index in [1.807, 2.05) is 32.0 Å². The summed E-state index contributed by atoms with van der Waals surface area (Å²) in [5.74, 6) is 0.674. The van der Waals surface area contributed by atoms with Crippen LogP contribution in [0.1, 0.15) is 41.7 Å². The summed E-state index contributed by atoms with van der Waals surface area (Å²) in [5, 5.41) is 5.65. The van der Waals surface area contributed by atoms with Crippen molar-refractivity contribution in [3.05, 3.63) is 57.4 Å².